The summed E-state index contributed by atoms with van der Waals surface area (Å²) in [6, 6.07) is 2.39. The number of anilines is 2. The third kappa shape index (κ3) is 5.33. The third-order valence-corrected chi connectivity index (χ3v) is 8.34. The Morgan fingerprint density at radius 2 is 1.89 bits per heavy atom. The van der Waals surface area contributed by atoms with Gasteiger partial charge in [0, 0.05) is 75.7 Å². The second-order valence-electron chi connectivity index (χ2n) is 10.7. The predicted octanol–water partition coefficient (Wildman–Crippen LogP) is 3.22. The van der Waals surface area contributed by atoms with E-state index in [9.17, 15) is 13.6 Å². The lowest BCUT2D eigenvalue weighted by Crippen LogP contribution is -2.63. The molecule has 0 saturated carbocycles. The molecule has 5 heterocycles. The van der Waals surface area contributed by atoms with E-state index in [1.165, 1.54) is 6.08 Å². The maximum Gasteiger partial charge on any atom is 0.280 e. The lowest BCUT2D eigenvalue weighted by atomic mass is 9.92. The number of hydrogen-bond acceptors (Lipinski definition) is 7. The fourth-order valence-electron chi connectivity index (χ4n) is 6.11. The van der Waals surface area contributed by atoms with E-state index in [0.29, 0.717) is 56.6 Å². The summed E-state index contributed by atoms with van der Waals surface area (Å²) in [5.74, 6) is 0.611. The van der Waals surface area contributed by atoms with Gasteiger partial charge < -0.3 is 24.2 Å². The highest BCUT2D eigenvalue weighted by molar-refractivity contribution is 5.87. The number of rotatable bonds is 7. The average Bonchev–Trinajstić information content (AvgIpc) is 3.23. The van der Waals surface area contributed by atoms with Crippen LogP contribution in [0.3, 0.4) is 0 Å². The van der Waals surface area contributed by atoms with E-state index in [4.69, 9.17) is 9.47 Å². The Morgan fingerprint density at radius 3 is 2.46 bits per heavy atom. The lowest BCUT2D eigenvalue weighted by Gasteiger charge is -2.49. The van der Waals surface area contributed by atoms with Crippen molar-refractivity contribution in [2.24, 2.45) is 0 Å². The van der Waals surface area contributed by atoms with E-state index in [2.05, 4.69) is 26.3 Å². The molecule has 1 spiro atoms. The topological polar surface area (TPSA) is 61.4 Å². The highest BCUT2D eigenvalue weighted by Gasteiger charge is 2.43. The number of piperazine rings is 1. The highest BCUT2D eigenvalue weighted by Crippen LogP contribution is 2.39. The van der Waals surface area contributed by atoms with Crippen molar-refractivity contribution in [2.75, 3.05) is 68.8 Å². The largest absolute Gasteiger partial charge is 0.368 e. The SMILES string of the molecule is C=CC(=O)N1CCN(C2CN(c3cc(N4CCC5(CC4)COC(C)O5)nc(C(F)F)c3CCC)C2)CC1. The van der Waals surface area contributed by atoms with Crippen LogP contribution >= 0.6 is 0 Å². The number of hydrogen-bond donors (Lipinski definition) is 0. The van der Waals surface area contributed by atoms with E-state index < -0.39 is 6.43 Å². The van der Waals surface area contributed by atoms with Crippen LogP contribution in [0.5, 0.6) is 0 Å². The Bertz CT molecular complexity index is 986. The van der Waals surface area contributed by atoms with Crippen molar-refractivity contribution in [3.63, 3.8) is 0 Å². The first-order chi connectivity index (χ1) is 17.8. The minimum Gasteiger partial charge on any atom is -0.368 e. The van der Waals surface area contributed by atoms with Gasteiger partial charge in [-0.25, -0.2) is 13.8 Å². The van der Waals surface area contributed by atoms with Gasteiger partial charge in [0.25, 0.3) is 6.43 Å². The molecule has 10 heteroatoms. The molecule has 1 amide bonds. The summed E-state index contributed by atoms with van der Waals surface area (Å²) in [6.45, 7) is 14.1. The fraction of sp³-hybridized carbons (Fsp3) is 0.704. The molecule has 1 aromatic rings. The van der Waals surface area contributed by atoms with Gasteiger partial charge in [-0.15, -0.1) is 0 Å². The van der Waals surface area contributed by atoms with Crippen molar-refractivity contribution in [3.05, 3.63) is 30.0 Å². The summed E-state index contributed by atoms with van der Waals surface area (Å²) in [5, 5.41) is 0. The van der Waals surface area contributed by atoms with Gasteiger partial charge >= 0.3 is 0 Å². The van der Waals surface area contributed by atoms with Crippen LogP contribution in [0.15, 0.2) is 18.7 Å². The Kier molecular flexibility index (Phi) is 7.70. The Morgan fingerprint density at radius 1 is 1.19 bits per heavy atom. The van der Waals surface area contributed by atoms with Gasteiger partial charge in [0.15, 0.2) is 6.29 Å². The summed E-state index contributed by atoms with van der Waals surface area (Å²) in [5.41, 5.74) is 1.23. The zero-order valence-electron chi connectivity index (χ0n) is 22.0. The van der Waals surface area contributed by atoms with Gasteiger partial charge in [-0.1, -0.05) is 19.9 Å². The first kappa shape index (κ1) is 26.3. The van der Waals surface area contributed by atoms with Gasteiger partial charge in [0.2, 0.25) is 5.91 Å². The van der Waals surface area contributed by atoms with E-state index in [1.807, 2.05) is 24.8 Å². The summed E-state index contributed by atoms with van der Waals surface area (Å²) in [7, 11) is 0. The van der Waals surface area contributed by atoms with Crippen LogP contribution in [0.2, 0.25) is 0 Å². The Balaban J connectivity index is 1.30. The number of nitrogens with zero attached hydrogens (tertiary/aromatic N) is 5. The lowest BCUT2D eigenvalue weighted by molar-refractivity contribution is -0.128. The number of carbonyl (C=O) groups excluding carboxylic acids is 1. The molecule has 1 atom stereocenters. The van der Waals surface area contributed by atoms with Crippen LogP contribution in [-0.4, -0.2) is 97.6 Å². The molecule has 4 fully saturated rings. The van der Waals surface area contributed by atoms with E-state index in [-0.39, 0.29) is 23.5 Å². The van der Waals surface area contributed by atoms with Crippen LogP contribution in [0.1, 0.15) is 50.8 Å². The molecule has 1 unspecified atom stereocenters. The monoisotopic (exact) mass is 519 g/mol. The number of pyridine rings is 1. The number of carbonyl (C=O) groups is 1. The van der Waals surface area contributed by atoms with Gasteiger partial charge in [-0.05, 0) is 32.3 Å². The number of piperidine rings is 1. The molecule has 204 valence electrons. The summed E-state index contributed by atoms with van der Waals surface area (Å²) < 4.78 is 40.2. The first-order valence-corrected chi connectivity index (χ1v) is 13.6. The predicted molar refractivity (Wildman–Crippen MR) is 138 cm³/mol. The van der Waals surface area contributed by atoms with E-state index >= 15 is 0 Å². The molecule has 4 aliphatic heterocycles. The second kappa shape index (κ2) is 10.8. The van der Waals surface area contributed by atoms with Crippen LogP contribution in [0, 0.1) is 0 Å². The quantitative estimate of drug-likeness (QED) is 0.513. The molecule has 0 aliphatic carbocycles. The van der Waals surface area contributed by atoms with Crippen LogP contribution in [0.25, 0.3) is 0 Å². The average molecular weight is 520 g/mol. The van der Waals surface area contributed by atoms with Crippen molar-refractivity contribution in [3.8, 4) is 0 Å². The van der Waals surface area contributed by atoms with Crippen molar-refractivity contribution >= 4 is 17.4 Å². The van der Waals surface area contributed by atoms with Crippen molar-refractivity contribution in [2.45, 2.75) is 63.9 Å². The normalized spacial score (nSPS) is 24.7. The maximum atomic E-state index is 14.3. The molecule has 4 saturated heterocycles. The van der Waals surface area contributed by atoms with Gasteiger partial charge in [0.05, 0.1) is 12.2 Å². The first-order valence-electron chi connectivity index (χ1n) is 13.6. The molecular weight excluding hydrogens is 480 g/mol. The van der Waals surface area contributed by atoms with Gasteiger partial charge in [-0.2, -0.15) is 0 Å². The third-order valence-electron chi connectivity index (χ3n) is 8.34. The van der Waals surface area contributed by atoms with E-state index in [0.717, 1.165) is 51.1 Å². The maximum absolute atomic E-state index is 14.3. The molecule has 0 N–H and O–H groups in total. The fourth-order valence-corrected chi connectivity index (χ4v) is 6.11. The van der Waals surface area contributed by atoms with Crippen LogP contribution in [-0.2, 0) is 20.7 Å². The zero-order chi connectivity index (χ0) is 26.2. The standard InChI is InChI=1S/C27H39F2N5O3/c1-4-6-21-22(34-16-20(17-34)31-11-13-33(14-12-31)24(35)5-2)15-23(30-25(21)26(28)29)32-9-7-27(8-10-32)18-36-19(3)37-27/h5,15,19-20,26H,2,4,6-14,16-18H2,1,3H3. The van der Waals surface area contributed by atoms with Crippen molar-refractivity contribution in [1.29, 1.82) is 0 Å². The van der Waals surface area contributed by atoms with Crippen LogP contribution in [0.4, 0.5) is 20.3 Å². The number of ether oxygens (including phenoxy) is 2. The summed E-state index contributed by atoms with van der Waals surface area (Å²) >= 11 is 0. The number of amides is 1. The Labute approximate surface area is 218 Å². The second-order valence-corrected chi connectivity index (χ2v) is 10.7. The number of aromatic nitrogens is 1. The van der Waals surface area contributed by atoms with Gasteiger partial charge in [-0.3, -0.25) is 9.69 Å². The molecule has 37 heavy (non-hydrogen) atoms. The molecule has 4 aliphatic rings. The Hall–Kier alpha value is -2.30. The zero-order valence-corrected chi connectivity index (χ0v) is 22.0. The summed E-state index contributed by atoms with van der Waals surface area (Å²) in [6.07, 6.45) is 1.51. The molecule has 8 nitrogen and oxygen atoms in total. The van der Waals surface area contributed by atoms with Crippen molar-refractivity contribution in [1.82, 2.24) is 14.8 Å². The van der Waals surface area contributed by atoms with Crippen LogP contribution < -0.4 is 9.80 Å². The van der Waals surface area contributed by atoms with Crippen molar-refractivity contribution < 1.29 is 23.0 Å². The minimum absolute atomic E-state index is 0.0203. The molecule has 0 radical (unpaired) electrons. The molecule has 0 bridgehead atoms. The molecule has 5 rings (SSSR count). The van der Waals surface area contributed by atoms with E-state index in [1.54, 1.807) is 0 Å². The molecule has 0 aromatic carbocycles. The molecular formula is C27H39F2N5O3. The molecule has 1 aromatic heterocycles. The number of halogens is 2. The van der Waals surface area contributed by atoms with Gasteiger partial charge in [0.1, 0.15) is 11.5 Å². The summed E-state index contributed by atoms with van der Waals surface area (Å²) in [4.78, 5) is 25.0. The highest BCUT2D eigenvalue weighted by atomic mass is 19.3. The smallest absolute Gasteiger partial charge is 0.280 e. The number of alkyl halides is 2. The minimum atomic E-state index is -2.61.